The number of nitrogens with two attached hydrogens (primary N) is 1. The minimum Gasteiger partial charge on any atom is -0.483 e. The van der Waals surface area contributed by atoms with Gasteiger partial charge in [0.2, 0.25) is 11.8 Å². The summed E-state index contributed by atoms with van der Waals surface area (Å²) in [5.74, 6) is -0.269. The lowest BCUT2D eigenvalue weighted by Gasteiger charge is -2.36. The van der Waals surface area contributed by atoms with E-state index in [1.165, 1.54) is 5.56 Å². The van der Waals surface area contributed by atoms with Crippen molar-refractivity contribution in [1.29, 1.82) is 5.26 Å². The second-order valence-corrected chi connectivity index (χ2v) is 11.5. The van der Waals surface area contributed by atoms with Crippen LogP contribution < -0.4 is 5.73 Å². The van der Waals surface area contributed by atoms with Crippen LogP contribution in [0.3, 0.4) is 0 Å². The molecule has 0 radical (unpaired) electrons. The van der Waals surface area contributed by atoms with Gasteiger partial charge in [0.15, 0.2) is 0 Å². The first-order valence-electron chi connectivity index (χ1n) is 13.8. The number of fused-ring (bicyclic) bond motifs is 2. The van der Waals surface area contributed by atoms with Gasteiger partial charge in [-0.3, -0.25) is 19.3 Å². The first-order chi connectivity index (χ1) is 19.8. The molecule has 2 amide bonds. The quantitative estimate of drug-likeness (QED) is 0.486. The number of hydrogen-bond donors (Lipinski definition) is 2. The molecule has 4 atom stereocenters. The summed E-state index contributed by atoms with van der Waals surface area (Å²) in [4.78, 5) is 41.8. The minimum atomic E-state index is -0.816. The summed E-state index contributed by atoms with van der Waals surface area (Å²) in [6, 6.07) is 15.1. The molecule has 0 aliphatic carbocycles. The summed E-state index contributed by atoms with van der Waals surface area (Å²) in [5, 5.41) is 17.6. The predicted molar refractivity (Wildman–Crippen MR) is 156 cm³/mol. The zero-order chi connectivity index (χ0) is 29.5. The molecule has 0 spiro atoms. The van der Waals surface area contributed by atoms with Gasteiger partial charge in [0.25, 0.3) is 6.47 Å². The number of rotatable bonds is 6. The van der Waals surface area contributed by atoms with Crippen LogP contribution in [0.2, 0.25) is 10.0 Å². The van der Waals surface area contributed by atoms with E-state index in [1.807, 2.05) is 24.3 Å². The Bertz CT molecular complexity index is 1290. The number of carboxylic acid groups (broad SMARTS) is 1. The Morgan fingerprint density at radius 1 is 1.20 bits per heavy atom. The maximum absolute atomic E-state index is 13.9. The van der Waals surface area contributed by atoms with E-state index in [1.54, 1.807) is 15.9 Å². The third-order valence-corrected chi connectivity index (χ3v) is 9.11. The summed E-state index contributed by atoms with van der Waals surface area (Å²) < 4.78 is 0. The molecule has 218 valence electrons. The van der Waals surface area contributed by atoms with Crippen LogP contribution in [0.25, 0.3) is 0 Å². The molecule has 2 aromatic carbocycles. The number of carbonyl (C=O) groups is 3. The Morgan fingerprint density at radius 3 is 2.63 bits per heavy atom. The molecular weight excluding hydrogens is 565 g/mol. The number of amides is 2. The molecule has 3 aliphatic heterocycles. The van der Waals surface area contributed by atoms with Gasteiger partial charge in [0.1, 0.15) is 6.04 Å². The van der Waals surface area contributed by atoms with Gasteiger partial charge in [-0.15, -0.1) is 0 Å². The van der Waals surface area contributed by atoms with Gasteiger partial charge in [0, 0.05) is 38.3 Å². The molecule has 1 unspecified atom stereocenters. The van der Waals surface area contributed by atoms with Gasteiger partial charge in [-0.1, -0.05) is 59.6 Å². The van der Waals surface area contributed by atoms with E-state index in [2.05, 4.69) is 23.1 Å². The van der Waals surface area contributed by atoms with Crippen molar-refractivity contribution in [3.8, 4) is 6.07 Å². The average molecular weight is 601 g/mol. The molecule has 0 aromatic heterocycles. The fourth-order valence-electron chi connectivity index (χ4n) is 6.29. The van der Waals surface area contributed by atoms with Crippen LogP contribution in [0, 0.1) is 11.3 Å². The van der Waals surface area contributed by atoms with E-state index in [-0.39, 0.29) is 42.8 Å². The molecule has 3 N–H and O–H groups in total. The fourth-order valence-corrected chi connectivity index (χ4v) is 6.75. The summed E-state index contributed by atoms with van der Waals surface area (Å²) in [5.41, 5.74) is 9.52. The molecule has 5 rings (SSSR count). The standard InChI is InChI=1S/C29H33Cl2N5O2.CH2O2/c30-24-9-7-20-17-34(14-12-23(20)27(24)31)28(37)25(10-13-32)35-15-11-22(8-6-19-4-2-1-3-5-19)36-18-21(33)16-26(36)29(35)38;2-1-3/h1-5,7,9,21-22,25-26H,6,8,10-12,14-18,33H2;1H,(H,2,3)/t21-,22?,25-,26+;/m1./s1. The maximum Gasteiger partial charge on any atom is 0.290 e. The smallest absolute Gasteiger partial charge is 0.290 e. The molecule has 2 saturated heterocycles. The van der Waals surface area contributed by atoms with E-state index < -0.39 is 6.04 Å². The third-order valence-electron chi connectivity index (χ3n) is 8.26. The molecule has 2 aromatic rings. The minimum absolute atomic E-state index is 0.0389. The molecular formula is C30H35Cl2N5O4. The van der Waals surface area contributed by atoms with Crippen LogP contribution >= 0.6 is 23.2 Å². The first-order valence-corrected chi connectivity index (χ1v) is 14.6. The molecule has 41 heavy (non-hydrogen) atoms. The van der Waals surface area contributed by atoms with Crippen LogP contribution in [0.15, 0.2) is 42.5 Å². The van der Waals surface area contributed by atoms with Crippen molar-refractivity contribution in [2.24, 2.45) is 5.73 Å². The summed E-state index contributed by atoms with van der Waals surface area (Å²) in [6.07, 6.45) is 3.69. The monoisotopic (exact) mass is 599 g/mol. The second-order valence-electron chi connectivity index (χ2n) is 10.7. The van der Waals surface area contributed by atoms with E-state index in [0.717, 1.165) is 30.4 Å². The number of halogens is 2. The Kier molecular flexibility index (Phi) is 10.6. The molecule has 9 nitrogen and oxygen atoms in total. The third kappa shape index (κ3) is 7.02. The second kappa shape index (κ2) is 14.1. The maximum atomic E-state index is 13.9. The van der Waals surface area contributed by atoms with E-state index in [4.69, 9.17) is 38.8 Å². The Labute approximate surface area is 250 Å². The highest BCUT2D eigenvalue weighted by atomic mass is 35.5. The van der Waals surface area contributed by atoms with E-state index in [0.29, 0.717) is 49.1 Å². The van der Waals surface area contributed by atoms with Gasteiger partial charge >= 0.3 is 0 Å². The first kappa shape index (κ1) is 30.8. The largest absolute Gasteiger partial charge is 0.483 e. The summed E-state index contributed by atoms with van der Waals surface area (Å²) >= 11 is 12.6. The van der Waals surface area contributed by atoms with Crippen molar-refractivity contribution in [3.05, 3.63) is 69.2 Å². The van der Waals surface area contributed by atoms with Crippen LogP contribution in [-0.4, -0.2) is 81.9 Å². The summed E-state index contributed by atoms with van der Waals surface area (Å²) in [7, 11) is 0. The van der Waals surface area contributed by atoms with Crippen molar-refractivity contribution in [1.82, 2.24) is 14.7 Å². The number of carbonyl (C=O) groups excluding carboxylic acids is 2. The zero-order valence-corrected chi connectivity index (χ0v) is 24.3. The molecule has 0 saturated carbocycles. The lowest BCUT2D eigenvalue weighted by molar-refractivity contribution is -0.147. The lowest BCUT2D eigenvalue weighted by Crippen LogP contribution is -2.54. The van der Waals surface area contributed by atoms with Crippen molar-refractivity contribution < 1.29 is 19.5 Å². The highest BCUT2D eigenvalue weighted by Crippen LogP contribution is 2.34. The number of aryl methyl sites for hydroxylation is 1. The van der Waals surface area contributed by atoms with Crippen molar-refractivity contribution in [2.45, 2.75) is 69.2 Å². The van der Waals surface area contributed by atoms with Crippen molar-refractivity contribution >= 4 is 41.5 Å². The predicted octanol–water partition coefficient (Wildman–Crippen LogP) is 3.50. The SMILES string of the molecule is N#CC[C@H](C(=O)N1CCc2c(ccc(Cl)c2Cl)C1)N1CCC(CCc2ccccc2)N2C[C@H](N)C[C@H]2C1=O.O=CO. The van der Waals surface area contributed by atoms with Gasteiger partial charge in [-0.25, -0.2) is 0 Å². The van der Waals surface area contributed by atoms with Crippen LogP contribution in [0.4, 0.5) is 0 Å². The normalized spacial score (nSPS) is 22.9. The van der Waals surface area contributed by atoms with Gasteiger partial charge in [-0.05, 0) is 54.9 Å². The molecule has 11 heteroatoms. The van der Waals surface area contributed by atoms with Crippen molar-refractivity contribution in [2.75, 3.05) is 19.6 Å². The number of benzene rings is 2. The van der Waals surface area contributed by atoms with E-state index in [9.17, 15) is 14.9 Å². The lowest BCUT2D eigenvalue weighted by atomic mass is 9.98. The van der Waals surface area contributed by atoms with Crippen LogP contribution in [-0.2, 0) is 33.8 Å². The average Bonchev–Trinajstić information content (AvgIpc) is 3.32. The van der Waals surface area contributed by atoms with Crippen LogP contribution in [0.5, 0.6) is 0 Å². The molecule has 2 fully saturated rings. The van der Waals surface area contributed by atoms with Gasteiger partial charge in [0.05, 0.1) is 28.6 Å². The molecule has 3 aliphatic rings. The van der Waals surface area contributed by atoms with E-state index >= 15 is 0 Å². The highest BCUT2D eigenvalue weighted by molar-refractivity contribution is 6.42. The Morgan fingerprint density at radius 2 is 1.93 bits per heavy atom. The van der Waals surface area contributed by atoms with Crippen LogP contribution in [0.1, 0.15) is 42.4 Å². The Hall–Kier alpha value is -3.16. The fraction of sp³-hybridized carbons (Fsp3) is 0.467. The van der Waals surface area contributed by atoms with Crippen molar-refractivity contribution in [3.63, 3.8) is 0 Å². The Balaban J connectivity index is 0.00000124. The van der Waals surface area contributed by atoms with Gasteiger partial charge < -0.3 is 20.6 Å². The molecule has 0 bridgehead atoms. The number of nitriles is 1. The highest BCUT2D eigenvalue weighted by Gasteiger charge is 2.46. The zero-order valence-electron chi connectivity index (χ0n) is 22.8. The summed E-state index contributed by atoms with van der Waals surface area (Å²) in [6.45, 7) is 1.72. The van der Waals surface area contributed by atoms with Gasteiger partial charge in [-0.2, -0.15) is 5.26 Å². The number of hydrogen-bond acceptors (Lipinski definition) is 6. The number of nitrogens with zero attached hydrogens (tertiary/aromatic N) is 4. The topological polar surface area (TPSA) is 131 Å². The molecule has 3 heterocycles.